The molecule has 7 heteroatoms. The zero-order chi connectivity index (χ0) is 19.8. The molecule has 152 valence electrons. The molecule has 0 spiro atoms. The lowest BCUT2D eigenvalue weighted by Gasteiger charge is -2.36. The number of para-hydroxylation sites is 1. The first kappa shape index (κ1) is 20.9. The summed E-state index contributed by atoms with van der Waals surface area (Å²) >= 11 is 5.83. The molecule has 1 aliphatic rings. The highest BCUT2D eigenvalue weighted by Gasteiger charge is 2.21. The van der Waals surface area contributed by atoms with Crippen molar-refractivity contribution in [1.29, 1.82) is 0 Å². The van der Waals surface area contributed by atoms with Crippen molar-refractivity contribution in [1.82, 2.24) is 4.90 Å². The molecule has 0 amide bonds. The summed E-state index contributed by atoms with van der Waals surface area (Å²) in [5.41, 5.74) is 0.645. The Morgan fingerprint density at radius 1 is 1.00 bits per heavy atom. The quantitative estimate of drug-likeness (QED) is 0.646. The molecule has 1 saturated heterocycles. The van der Waals surface area contributed by atoms with Crippen molar-refractivity contribution >= 4 is 17.3 Å². The number of halogens is 2. The molecule has 1 heterocycles. The standard InChI is InChI=1S/C21H26ClFN2O3/c22-17-5-7-19(8-6-17)28-14-13-27-16-18(26)15-24-9-11-25(12-10-24)21-4-2-1-3-20(21)23/h1-8,18,26H,9-16H2/t18-/m1/s1. The predicted octanol–water partition coefficient (Wildman–Crippen LogP) is 3.06. The van der Waals surface area contributed by atoms with Crippen LogP contribution in [-0.2, 0) is 4.74 Å². The van der Waals surface area contributed by atoms with Crippen LogP contribution in [-0.4, -0.2) is 68.7 Å². The van der Waals surface area contributed by atoms with Crippen LogP contribution < -0.4 is 9.64 Å². The maximum Gasteiger partial charge on any atom is 0.146 e. The number of β-amino-alcohol motifs (C(OH)–C–C–N with tert-alkyl or cyclic N) is 1. The Labute approximate surface area is 170 Å². The third-order valence-corrected chi connectivity index (χ3v) is 4.91. The molecule has 28 heavy (non-hydrogen) atoms. The van der Waals surface area contributed by atoms with Gasteiger partial charge in [0.1, 0.15) is 18.2 Å². The number of hydrogen-bond donors (Lipinski definition) is 1. The van der Waals surface area contributed by atoms with Crippen molar-refractivity contribution < 1.29 is 19.0 Å². The van der Waals surface area contributed by atoms with Crippen molar-refractivity contribution in [3.63, 3.8) is 0 Å². The highest BCUT2D eigenvalue weighted by atomic mass is 35.5. The van der Waals surface area contributed by atoms with Gasteiger partial charge >= 0.3 is 0 Å². The number of aliphatic hydroxyl groups excluding tert-OH is 1. The van der Waals surface area contributed by atoms with E-state index in [9.17, 15) is 9.50 Å². The largest absolute Gasteiger partial charge is 0.491 e. The smallest absolute Gasteiger partial charge is 0.146 e. The van der Waals surface area contributed by atoms with Gasteiger partial charge in [0.25, 0.3) is 0 Å². The van der Waals surface area contributed by atoms with E-state index < -0.39 is 6.10 Å². The molecule has 0 radical (unpaired) electrons. The molecule has 5 nitrogen and oxygen atoms in total. The van der Waals surface area contributed by atoms with Gasteiger partial charge in [0, 0.05) is 37.7 Å². The average molecular weight is 409 g/mol. The van der Waals surface area contributed by atoms with Gasteiger partial charge in [-0.1, -0.05) is 23.7 Å². The Balaban J connectivity index is 1.29. The molecule has 0 aliphatic carbocycles. The topological polar surface area (TPSA) is 45.2 Å². The second-order valence-electron chi connectivity index (χ2n) is 6.77. The van der Waals surface area contributed by atoms with E-state index >= 15 is 0 Å². The fourth-order valence-electron chi connectivity index (χ4n) is 3.20. The minimum Gasteiger partial charge on any atom is -0.491 e. The Bertz CT molecular complexity index is 724. The monoisotopic (exact) mass is 408 g/mol. The summed E-state index contributed by atoms with van der Waals surface area (Å²) in [7, 11) is 0. The average Bonchev–Trinajstić information content (AvgIpc) is 2.70. The maximum absolute atomic E-state index is 13.9. The van der Waals surface area contributed by atoms with Gasteiger partial charge < -0.3 is 19.5 Å². The van der Waals surface area contributed by atoms with Crippen molar-refractivity contribution in [2.75, 3.05) is 57.4 Å². The summed E-state index contributed by atoms with van der Waals surface area (Å²) < 4.78 is 24.9. The van der Waals surface area contributed by atoms with Crippen LogP contribution in [0.2, 0.25) is 5.02 Å². The third kappa shape index (κ3) is 6.34. The molecule has 0 saturated carbocycles. The number of anilines is 1. The lowest BCUT2D eigenvalue weighted by molar-refractivity contribution is 0.00717. The summed E-state index contributed by atoms with van der Waals surface area (Å²) in [6, 6.07) is 14.0. The fourth-order valence-corrected chi connectivity index (χ4v) is 3.32. The molecule has 2 aromatic carbocycles. The Kier molecular flexibility index (Phi) is 7.91. The van der Waals surface area contributed by atoms with Crippen LogP contribution in [0.4, 0.5) is 10.1 Å². The van der Waals surface area contributed by atoms with Crippen molar-refractivity contribution in [2.45, 2.75) is 6.10 Å². The lowest BCUT2D eigenvalue weighted by atomic mass is 10.2. The summed E-state index contributed by atoms with van der Waals surface area (Å²) in [5.74, 6) is 0.548. The van der Waals surface area contributed by atoms with E-state index in [0.717, 1.165) is 31.9 Å². The normalized spacial score (nSPS) is 16.2. The second-order valence-corrected chi connectivity index (χ2v) is 7.21. The van der Waals surface area contributed by atoms with Gasteiger partial charge in [-0.15, -0.1) is 0 Å². The Hall–Kier alpha value is -1.86. The molecular formula is C21H26ClFN2O3. The van der Waals surface area contributed by atoms with Gasteiger partial charge in [-0.25, -0.2) is 4.39 Å². The minimum atomic E-state index is -0.560. The fraction of sp³-hybridized carbons (Fsp3) is 0.429. The van der Waals surface area contributed by atoms with Crippen molar-refractivity contribution in [3.8, 4) is 5.75 Å². The van der Waals surface area contributed by atoms with Crippen LogP contribution in [0.15, 0.2) is 48.5 Å². The zero-order valence-corrected chi connectivity index (χ0v) is 16.5. The first-order chi connectivity index (χ1) is 13.6. The lowest BCUT2D eigenvalue weighted by Crippen LogP contribution is -2.49. The number of nitrogens with zero attached hydrogens (tertiary/aromatic N) is 2. The SMILES string of the molecule is O[C@@H](COCCOc1ccc(Cl)cc1)CN1CCN(c2ccccc2F)CC1. The first-order valence-corrected chi connectivity index (χ1v) is 9.85. The van der Waals surface area contributed by atoms with Gasteiger partial charge in [-0.2, -0.15) is 0 Å². The van der Waals surface area contributed by atoms with E-state index in [2.05, 4.69) is 4.90 Å². The molecule has 1 N–H and O–H groups in total. The summed E-state index contributed by atoms with van der Waals surface area (Å²) in [4.78, 5) is 4.22. The Morgan fingerprint density at radius 3 is 2.43 bits per heavy atom. The highest BCUT2D eigenvalue weighted by Crippen LogP contribution is 2.20. The molecule has 3 rings (SSSR count). The number of ether oxygens (including phenoxy) is 2. The Morgan fingerprint density at radius 2 is 1.71 bits per heavy atom. The first-order valence-electron chi connectivity index (χ1n) is 9.48. The molecule has 1 atom stereocenters. The third-order valence-electron chi connectivity index (χ3n) is 4.65. The van der Waals surface area contributed by atoms with E-state index in [1.54, 1.807) is 36.4 Å². The van der Waals surface area contributed by atoms with E-state index in [4.69, 9.17) is 21.1 Å². The van der Waals surface area contributed by atoms with Crippen LogP contribution in [0, 0.1) is 5.82 Å². The van der Waals surface area contributed by atoms with Gasteiger partial charge in [0.15, 0.2) is 0 Å². The van der Waals surface area contributed by atoms with Crippen molar-refractivity contribution in [2.24, 2.45) is 0 Å². The molecular weight excluding hydrogens is 383 g/mol. The van der Waals surface area contributed by atoms with Crippen LogP contribution in [0.5, 0.6) is 5.75 Å². The van der Waals surface area contributed by atoms with Crippen LogP contribution >= 0.6 is 11.6 Å². The van der Waals surface area contributed by atoms with Crippen LogP contribution in [0.1, 0.15) is 0 Å². The number of rotatable bonds is 9. The van der Waals surface area contributed by atoms with Gasteiger partial charge in [0.2, 0.25) is 0 Å². The van der Waals surface area contributed by atoms with Crippen LogP contribution in [0.25, 0.3) is 0 Å². The number of aliphatic hydroxyl groups is 1. The molecule has 1 aliphatic heterocycles. The van der Waals surface area contributed by atoms with Gasteiger partial charge in [-0.3, -0.25) is 4.90 Å². The summed E-state index contributed by atoms with van der Waals surface area (Å²) in [5, 5.41) is 10.8. The van der Waals surface area contributed by atoms with E-state index in [-0.39, 0.29) is 12.4 Å². The molecule has 0 unspecified atom stereocenters. The van der Waals surface area contributed by atoms with Gasteiger partial charge in [0.05, 0.1) is 25.0 Å². The predicted molar refractivity (Wildman–Crippen MR) is 109 cm³/mol. The summed E-state index contributed by atoms with van der Waals surface area (Å²) in [6.45, 7) is 4.67. The van der Waals surface area contributed by atoms with E-state index in [1.165, 1.54) is 6.07 Å². The molecule has 0 bridgehead atoms. The number of piperazine rings is 1. The zero-order valence-electron chi connectivity index (χ0n) is 15.8. The van der Waals surface area contributed by atoms with E-state index in [1.807, 2.05) is 11.0 Å². The second kappa shape index (κ2) is 10.6. The van der Waals surface area contributed by atoms with Crippen LogP contribution in [0.3, 0.4) is 0 Å². The number of benzene rings is 2. The van der Waals surface area contributed by atoms with Crippen molar-refractivity contribution in [3.05, 3.63) is 59.4 Å². The van der Waals surface area contributed by atoms with Gasteiger partial charge in [-0.05, 0) is 36.4 Å². The molecule has 0 aromatic heterocycles. The maximum atomic E-state index is 13.9. The minimum absolute atomic E-state index is 0.190. The summed E-state index contributed by atoms with van der Waals surface area (Å²) in [6.07, 6.45) is -0.560. The molecule has 2 aromatic rings. The highest BCUT2D eigenvalue weighted by molar-refractivity contribution is 6.30. The number of hydrogen-bond acceptors (Lipinski definition) is 5. The van der Waals surface area contributed by atoms with E-state index in [0.29, 0.717) is 30.5 Å². The molecule has 1 fully saturated rings.